The number of benzene rings is 1. The van der Waals surface area contributed by atoms with Crippen LogP contribution < -0.4 is 0 Å². The molecule has 1 unspecified atom stereocenters. The van der Waals surface area contributed by atoms with Gasteiger partial charge in [0.2, 0.25) is 0 Å². The van der Waals surface area contributed by atoms with Crippen LogP contribution in [0.15, 0.2) is 18.2 Å². The zero-order valence-electron chi connectivity index (χ0n) is 11.2. The summed E-state index contributed by atoms with van der Waals surface area (Å²) < 4.78 is 13.9. The van der Waals surface area contributed by atoms with Crippen molar-refractivity contribution >= 4 is 5.97 Å². The summed E-state index contributed by atoms with van der Waals surface area (Å²) in [6, 6.07) is 4.17. The molecule has 4 heteroatoms. The second-order valence-corrected chi connectivity index (χ2v) is 5.42. The molecule has 1 atom stereocenters. The predicted octanol–water partition coefficient (Wildman–Crippen LogP) is 3.15. The molecule has 1 fully saturated rings. The molecule has 0 spiro atoms. The van der Waals surface area contributed by atoms with E-state index >= 15 is 0 Å². The molecular weight excluding hydrogens is 245 g/mol. The molecule has 1 saturated heterocycles. The van der Waals surface area contributed by atoms with E-state index in [9.17, 15) is 9.18 Å². The fraction of sp³-hybridized carbons (Fsp3) is 0.533. The number of hydrogen-bond acceptors (Lipinski definition) is 2. The van der Waals surface area contributed by atoms with Gasteiger partial charge < -0.3 is 5.11 Å². The molecule has 19 heavy (non-hydrogen) atoms. The molecule has 3 nitrogen and oxygen atoms in total. The van der Waals surface area contributed by atoms with E-state index in [2.05, 4.69) is 11.8 Å². The predicted molar refractivity (Wildman–Crippen MR) is 71.7 cm³/mol. The Labute approximate surface area is 113 Å². The van der Waals surface area contributed by atoms with Gasteiger partial charge in [0.1, 0.15) is 5.82 Å². The maximum atomic E-state index is 13.9. The Kier molecular flexibility index (Phi) is 4.53. The second-order valence-electron chi connectivity index (χ2n) is 5.42. The Morgan fingerprint density at radius 2 is 2.21 bits per heavy atom. The van der Waals surface area contributed by atoms with Crippen LogP contribution in [0.3, 0.4) is 0 Å². The van der Waals surface area contributed by atoms with Gasteiger partial charge in [0, 0.05) is 12.1 Å². The molecule has 1 aliphatic heterocycles. The fourth-order valence-corrected chi connectivity index (χ4v) is 2.53. The minimum absolute atomic E-state index is 0.00531. The summed E-state index contributed by atoms with van der Waals surface area (Å²) in [4.78, 5) is 13.0. The van der Waals surface area contributed by atoms with Crippen LogP contribution in [-0.2, 0) is 6.54 Å². The SMILES string of the molecule is CC1CCCN(Cc2ccc(C(=O)O)cc2F)CC1. The minimum atomic E-state index is -1.09. The van der Waals surface area contributed by atoms with Crippen molar-refractivity contribution in [3.8, 4) is 0 Å². The van der Waals surface area contributed by atoms with Gasteiger partial charge in [-0.1, -0.05) is 13.0 Å². The molecule has 2 rings (SSSR count). The quantitative estimate of drug-likeness (QED) is 0.912. The first kappa shape index (κ1) is 14.0. The van der Waals surface area contributed by atoms with Crippen molar-refractivity contribution in [1.29, 1.82) is 0 Å². The van der Waals surface area contributed by atoms with E-state index in [0.29, 0.717) is 12.1 Å². The molecule has 0 aromatic heterocycles. The van der Waals surface area contributed by atoms with E-state index in [0.717, 1.165) is 37.9 Å². The van der Waals surface area contributed by atoms with E-state index in [1.165, 1.54) is 12.5 Å². The van der Waals surface area contributed by atoms with E-state index in [-0.39, 0.29) is 5.56 Å². The number of rotatable bonds is 3. The maximum Gasteiger partial charge on any atom is 0.335 e. The van der Waals surface area contributed by atoms with Crippen molar-refractivity contribution in [1.82, 2.24) is 4.90 Å². The average molecular weight is 265 g/mol. The summed E-state index contributed by atoms with van der Waals surface area (Å²) in [6.07, 6.45) is 3.53. The number of carboxylic acid groups (broad SMARTS) is 1. The molecule has 1 aromatic carbocycles. The third kappa shape index (κ3) is 3.77. The molecule has 1 aromatic rings. The zero-order chi connectivity index (χ0) is 13.8. The van der Waals surface area contributed by atoms with Crippen LogP contribution in [0.1, 0.15) is 42.1 Å². The lowest BCUT2D eigenvalue weighted by Crippen LogP contribution is -2.24. The number of likely N-dealkylation sites (tertiary alicyclic amines) is 1. The van der Waals surface area contributed by atoms with Crippen molar-refractivity contribution in [3.05, 3.63) is 35.1 Å². The van der Waals surface area contributed by atoms with Crippen LogP contribution >= 0.6 is 0 Å². The third-order valence-electron chi connectivity index (χ3n) is 3.80. The molecule has 0 saturated carbocycles. The fourth-order valence-electron chi connectivity index (χ4n) is 2.53. The Morgan fingerprint density at radius 3 is 2.89 bits per heavy atom. The lowest BCUT2D eigenvalue weighted by molar-refractivity contribution is 0.0696. The van der Waals surface area contributed by atoms with E-state index < -0.39 is 11.8 Å². The first-order chi connectivity index (χ1) is 9.06. The number of aromatic carboxylic acids is 1. The van der Waals surface area contributed by atoms with E-state index in [4.69, 9.17) is 5.11 Å². The normalized spacial score (nSPS) is 21.1. The summed E-state index contributed by atoms with van der Waals surface area (Å²) >= 11 is 0. The standard InChI is InChI=1S/C15H20FNO2/c1-11-3-2-7-17(8-6-11)10-13-5-4-12(15(18)19)9-14(13)16/h4-5,9,11H,2-3,6-8,10H2,1H3,(H,18,19). The van der Waals surface area contributed by atoms with Crippen LogP contribution in [-0.4, -0.2) is 29.1 Å². The summed E-state index contributed by atoms with van der Waals surface area (Å²) in [7, 11) is 0. The first-order valence-corrected chi connectivity index (χ1v) is 6.80. The van der Waals surface area contributed by atoms with Crippen LogP contribution in [0.25, 0.3) is 0 Å². The molecular formula is C15H20FNO2. The number of nitrogens with zero attached hydrogens (tertiary/aromatic N) is 1. The Hall–Kier alpha value is -1.42. The molecule has 104 valence electrons. The van der Waals surface area contributed by atoms with Crippen LogP contribution in [0.4, 0.5) is 4.39 Å². The van der Waals surface area contributed by atoms with Crippen molar-refractivity contribution in [2.75, 3.05) is 13.1 Å². The number of halogens is 1. The van der Waals surface area contributed by atoms with Crippen molar-refractivity contribution in [3.63, 3.8) is 0 Å². The van der Waals surface area contributed by atoms with Crippen LogP contribution in [0.2, 0.25) is 0 Å². The summed E-state index contributed by atoms with van der Waals surface area (Å²) in [5.74, 6) is -0.768. The third-order valence-corrected chi connectivity index (χ3v) is 3.80. The smallest absolute Gasteiger partial charge is 0.335 e. The highest BCUT2D eigenvalue weighted by Gasteiger charge is 2.16. The first-order valence-electron chi connectivity index (χ1n) is 6.80. The molecule has 1 heterocycles. The summed E-state index contributed by atoms with van der Waals surface area (Å²) in [5.41, 5.74) is 0.588. The highest BCUT2D eigenvalue weighted by molar-refractivity contribution is 5.87. The molecule has 1 N–H and O–H groups in total. The van der Waals surface area contributed by atoms with E-state index in [1.54, 1.807) is 6.07 Å². The van der Waals surface area contributed by atoms with Gasteiger partial charge in [-0.15, -0.1) is 0 Å². The lowest BCUT2D eigenvalue weighted by Gasteiger charge is -2.20. The average Bonchev–Trinajstić information content (AvgIpc) is 2.57. The minimum Gasteiger partial charge on any atom is -0.478 e. The summed E-state index contributed by atoms with van der Waals surface area (Å²) in [5, 5.41) is 8.81. The van der Waals surface area contributed by atoms with Crippen molar-refractivity contribution < 1.29 is 14.3 Å². The van der Waals surface area contributed by atoms with Gasteiger partial charge in [-0.2, -0.15) is 0 Å². The molecule has 0 radical (unpaired) electrons. The van der Waals surface area contributed by atoms with Gasteiger partial charge in [0.25, 0.3) is 0 Å². The molecule has 0 bridgehead atoms. The highest BCUT2D eigenvalue weighted by atomic mass is 19.1. The Bertz CT molecular complexity index is 461. The number of carbonyl (C=O) groups is 1. The monoisotopic (exact) mass is 265 g/mol. The van der Waals surface area contributed by atoms with Crippen molar-refractivity contribution in [2.24, 2.45) is 5.92 Å². The largest absolute Gasteiger partial charge is 0.478 e. The molecule has 1 aliphatic rings. The maximum absolute atomic E-state index is 13.9. The Morgan fingerprint density at radius 1 is 1.42 bits per heavy atom. The highest BCUT2D eigenvalue weighted by Crippen LogP contribution is 2.19. The second kappa shape index (κ2) is 6.15. The van der Waals surface area contributed by atoms with Gasteiger partial charge in [-0.25, -0.2) is 9.18 Å². The van der Waals surface area contributed by atoms with Crippen LogP contribution in [0.5, 0.6) is 0 Å². The Balaban J connectivity index is 2.04. The van der Waals surface area contributed by atoms with Gasteiger partial charge in [0.15, 0.2) is 0 Å². The zero-order valence-corrected chi connectivity index (χ0v) is 11.2. The number of hydrogen-bond donors (Lipinski definition) is 1. The van der Waals surface area contributed by atoms with Gasteiger partial charge in [-0.3, -0.25) is 4.90 Å². The topological polar surface area (TPSA) is 40.5 Å². The summed E-state index contributed by atoms with van der Waals surface area (Å²) in [6.45, 7) is 4.80. The molecule has 0 aliphatic carbocycles. The van der Waals surface area contributed by atoms with Crippen LogP contribution in [0, 0.1) is 11.7 Å². The van der Waals surface area contributed by atoms with Gasteiger partial charge >= 0.3 is 5.97 Å². The van der Waals surface area contributed by atoms with Gasteiger partial charge in [-0.05, 0) is 50.4 Å². The van der Waals surface area contributed by atoms with Gasteiger partial charge in [0.05, 0.1) is 5.56 Å². The van der Waals surface area contributed by atoms with Crippen molar-refractivity contribution in [2.45, 2.75) is 32.7 Å². The number of carboxylic acids is 1. The molecule has 0 amide bonds. The van der Waals surface area contributed by atoms with E-state index in [1.807, 2.05) is 0 Å². The lowest BCUT2D eigenvalue weighted by atomic mass is 10.0.